The van der Waals surface area contributed by atoms with Crippen LogP contribution in [0.15, 0.2) is 43.0 Å². The van der Waals surface area contributed by atoms with E-state index in [2.05, 4.69) is 15.2 Å². The van der Waals surface area contributed by atoms with E-state index >= 15 is 0 Å². The number of nitrogens with zero attached hydrogens (tertiary/aromatic N) is 3. The number of aliphatic hydroxyl groups is 1. The number of hydrogen-bond donors (Lipinski definition) is 2. The lowest BCUT2D eigenvalue weighted by molar-refractivity contribution is 0.0952. The van der Waals surface area contributed by atoms with Gasteiger partial charge in [0.1, 0.15) is 0 Å². The molecule has 1 unspecified atom stereocenters. The minimum atomic E-state index is -0.0356. The Morgan fingerprint density at radius 2 is 2.12 bits per heavy atom. The highest BCUT2D eigenvalue weighted by Crippen LogP contribution is 2.16. The van der Waals surface area contributed by atoms with Gasteiger partial charge in [0.2, 0.25) is 0 Å². The number of benzene rings is 1. The molecule has 0 saturated carbocycles. The Labute approximate surface area is 148 Å². The van der Waals surface area contributed by atoms with E-state index in [4.69, 9.17) is 0 Å². The molecule has 6 nitrogen and oxygen atoms in total. The molecular formula is C19H26N4O2. The third-order valence-electron chi connectivity index (χ3n) is 4.80. The van der Waals surface area contributed by atoms with Crippen LogP contribution >= 0.6 is 0 Å². The predicted octanol–water partition coefficient (Wildman–Crippen LogP) is 1.84. The van der Waals surface area contributed by atoms with E-state index in [1.54, 1.807) is 12.5 Å². The van der Waals surface area contributed by atoms with Crippen LogP contribution in [-0.4, -0.2) is 57.7 Å². The first-order valence-corrected chi connectivity index (χ1v) is 8.99. The van der Waals surface area contributed by atoms with Crippen molar-refractivity contribution >= 4 is 5.91 Å². The molecule has 0 radical (unpaired) electrons. The van der Waals surface area contributed by atoms with Crippen molar-refractivity contribution in [2.45, 2.75) is 31.7 Å². The third-order valence-corrected chi connectivity index (χ3v) is 4.80. The second-order valence-corrected chi connectivity index (χ2v) is 6.49. The molecule has 1 amide bonds. The zero-order valence-corrected chi connectivity index (χ0v) is 14.5. The van der Waals surface area contributed by atoms with Gasteiger partial charge in [0.15, 0.2) is 0 Å². The summed E-state index contributed by atoms with van der Waals surface area (Å²) in [7, 11) is 0. The van der Waals surface area contributed by atoms with Gasteiger partial charge in [-0.05, 0) is 63.0 Å². The number of nitrogens with one attached hydrogen (secondary N) is 1. The number of carbonyl (C=O) groups excluding carboxylic acids is 1. The number of imidazole rings is 1. The van der Waals surface area contributed by atoms with Gasteiger partial charge in [0.25, 0.3) is 5.91 Å². The Morgan fingerprint density at radius 3 is 2.84 bits per heavy atom. The van der Waals surface area contributed by atoms with Crippen molar-refractivity contribution in [2.75, 3.05) is 26.2 Å². The smallest absolute Gasteiger partial charge is 0.251 e. The first kappa shape index (κ1) is 17.6. The lowest BCUT2D eigenvalue weighted by Gasteiger charge is -2.22. The average Bonchev–Trinajstić information content (AvgIpc) is 3.33. The van der Waals surface area contributed by atoms with E-state index in [1.165, 1.54) is 6.42 Å². The largest absolute Gasteiger partial charge is 0.395 e. The van der Waals surface area contributed by atoms with Crippen molar-refractivity contribution < 1.29 is 9.90 Å². The molecule has 1 aromatic carbocycles. The Bertz CT molecular complexity index is 655. The summed E-state index contributed by atoms with van der Waals surface area (Å²) >= 11 is 0. The quantitative estimate of drug-likeness (QED) is 0.718. The van der Waals surface area contributed by atoms with E-state index in [0.29, 0.717) is 18.2 Å². The lowest BCUT2D eigenvalue weighted by atomic mass is 10.2. The van der Waals surface area contributed by atoms with Gasteiger partial charge in [-0.3, -0.25) is 9.69 Å². The fourth-order valence-electron chi connectivity index (χ4n) is 3.34. The van der Waals surface area contributed by atoms with Crippen LogP contribution in [0.3, 0.4) is 0 Å². The minimum Gasteiger partial charge on any atom is -0.395 e. The molecule has 134 valence electrons. The maximum absolute atomic E-state index is 12.2. The molecule has 2 aromatic rings. The fraction of sp³-hybridized carbons (Fsp3) is 0.474. The standard InChI is InChI=1S/C19H26N4O2/c24-14-18-4-3-12-22(18)11-2-1-9-21-19(25)16-5-7-17(8-6-16)23-13-10-20-15-23/h5-8,10,13,15,18,24H,1-4,9,11-12,14H2,(H,21,25). The number of unbranched alkanes of at least 4 members (excludes halogenated alkanes) is 1. The highest BCUT2D eigenvalue weighted by Gasteiger charge is 2.22. The number of carbonyl (C=O) groups is 1. The second-order valence-electron chi connectivity index (χ2n) is 6.49. The van der Waals surface area contributed by atoms with Gasteiger partial charge < -0.3 is 15.0 Å². The summed E-state index contributed by atoms with van der Waals surface area (Å²) in [4.78, 5) is 18.6. The van der Waals surface area contributed by atoms with Gasteiger partial charge in [-0.1, -0.05) is 0 Å². The number of hydrogen-bond acceptors (Lipinski definition) is 4. The molecule has 0 aliphatic carbocycles. The van der Waals surface area contributed by atoms with Crippen LogP contribution in [0, 0.1) is 0 Å². The van der Waals surface area contributed by atoms with Gasteiger partial charge in [-0.25, -0.2) is 4.98 Å². The van der Waals surface area contributed by atoms with Crippen LogP contribution in [-0.2, 0) is 0 Å². The molecule has 1 aromatic heterocycles. The number of rotatable bonds is 8. The zero-order valence-electron chi connectivity index (χ0n) is 14.5. The molecule has 2 N–H and O–H groups in total. The number of amides is 1. The summed E-state index contributed by atoms with van der Waals surface area (Å²) in [6.07, 6.45) is 9.60. The summed E-state index contributed by atoms with van der Waals surface area (Å²) in [6.45, 7) is 3.02. The highest BCUT2D eigenvalue weighted by molar-refractivity contribution is 5.94. The predicted molar refractivity (Wildman–Crippen MR) is 96.8 cm³/mol. The lowest BCUT2D eigenvalue weighted by Crippen LogP contribution is -2.33. The molecule has 0 bridgehead atoms. The number of aliphatic hydroxyl groups excluding tert-OH is 1. The number of aromatic nitrogens is 2. The topological polar surface area (TPSA) is 70.4 Å². The van der Waals surface area contributed by atoms with Gasteiger partial charge in [0.05, 0.1) is 12.9 Å². The molecule has 1 saturated heterocycles. The van der Waals surface area contributed by atoms with Gasteiger partial charge >= 0.3 is 0 Å². The first-order chi connectivity index (χ1) is 12.3. The molecule has 0 spiro atoms. The molecule has 2 heterocycles. The molecule has 1 atom stereocenters. The Kier molecular flexibility index (Phi) is 6.19. The van der Waals surface area contributed by atoms with Crippen LogP contribution in [0.25, 0.3) is 5.69 Å². The fourth-order valence-corrected chi connectivity index (χ4v) is 3.34. The highest BCUT2D eigenvalue weighted by atomic mass is 16.3. The van der Waals surface area contributed by atoms with Crippen molar-refractivity contribution in [3.8, 4) is 5.69 Å². The van der Waals surface area contributed by atoms with Crippen molar-refractivity contribution in [3.63, 3.8) is 0 Å². The maximum Gasteiger partial charge on any atom is 0.251 e. The molecular weight excluding hydrogens is 316 g/mol. The summed E-state index contributed by atoms with van der Waals surface area (Å²) in [5, 5.41) is 12.3. The van der Waals surface area contributed by atoms with Crippen molar-refractivity contribution in [1.82, 2.24) is 19.8 Å². The van der Waals surface area contributed by atoms with Gasteiger partial charge in [0, 0.05) is 36.2 Å². The van der Waals surface area contributed by atoms with Crippen LogP contribution in [0.1, 0.15) is 36.0 Å². The Morgan fingerprint density at radius 1 is 1.28 bits per heavy atom. The van der Waals surface area contributed by atoms with Crippen molar-refractivity contribution in [3.05, 3.63) is 48.5 Å². The van der Waals surface area contributed by atoms with Crippen molar-refractivity contribution in [1.29, 1.82) is 0 Å². The first-order valence-electron chi connectivity index (χ1n) is 8.99. The van der Waals surface area contributed by atoms with Crippen molar-refractivity contribution in [2.24, 2.45) is 0 Å². The molecule has 25 heavy (non-hydrogen) atoms. The number of likely N-dealkylation sites (tertiary alicyclic amines) is 1. The Hall–Kier alpha value is -2.18. The SMILES string of the molecule is O=C(NCCCCN1CCCC1CO)c1ccc(-n2ccnc2)cc1. The minimum absolute atomic E-state index is 0.0356. The maximum atomic E-state index is 12.2. The Balaban J connectivity index is 1.38. The summed E-state index contributed by atoms with van der Waals surface area (Å²) in [5.41, 5.74) is 1.65. The van der Waals surface area contributed by atoms with Crippen LogP contribution < -0.4 is 5.32 Å². The second kappa shape index (κ2) is 8.78. The molecule has 1 aliphatic heterocycles. The zero-order chi connectivity index (χ0) is 17.5. The van der Waals surface area contributed by atoms with Gasteiger partial charge in [-0.15, -0.1) is 0 Å². The van der Waals surface area contributed by atoms with E-state index in [0.717, 1.165) is 38.0 Å². The molecule has 6 heteroatoms. The van der Waals surface area contributed by atoms with E-state index in [9.17, 15) is 9.90 Å². The van der Waals surface area contributed by atoms with E-state index in [1.807, 2.05) is 35.0 Å². The molecule has 1 aliphatic rings. The normalized spacial score (nSPS) is 17.7. The summed E-state index contributed by atoms with van der Waals surface area (Å²) in [6, 6.07) is 7.84. The van der Waals surface area contributed by atoms with Crippen LogP contribution in [0.5, 0.6) is 0 Å². The monoisotopic (exact) mass is 342 g/mol. The molecule has 3 rings (SSSR count). The van der Waals surface area contributed by atoms with E-state index in [-0.39, 0.29) is 12.5 Å². The summed E-state index contributed by atoms with van der Waals surface area (Å²) < 4.78 is 1.90. The average molecular weight is 342 g/mol. The van der Waals surface area contributed by atoms with Crippen LogP contribution in [0.4, 0.5) is 0 Å². The van der Waals surface area contributed by atoms with Crippen LogP contribution in [0.2, 0.25) is 0 Å². The van der Waals surface area contributed by atoms with E-state index < -0.39 is 0 Å². The molecule has 1 fully saturated rings. The summed E-state index contributed by atoms with van der Waals surface area (Å²) in [5.74, 6) is -0.0356. The third kappa shape index (κ3) is 4.67. The van der Waals surface area contributed by atoms with Gasteiger partial charge in [-0.2, -0.15) is 0 Å².